The second kappa shape index (κ2) is 7.84. The average Bonchev–Trinajstić information content (AvgIpc) is 2.89. The summed E-state index contributed by atoms with van der Waals surface area (Å²) in [7, 11) is 0. The first-order valence-corrected chi connectivity index (χ1v) is 9.47. The normalized spacial score (nSPS) is 17.0. The van der Waals surface area contributed by atoms with E-state index in [2.05, 4.69) is 21.2 Å². The fraction of sp³-hybridized carbons (Fsp3) is 0.167. The minimum atomic E-state index is -0.530. The highest BCUT2D eigenvalue weighted by molar-refractivity contribution is 9.10. The lowest BCUT2D eigenvalue weighted by Gasteiger charge is -2.15. The number of halogens is 1. The van der Waals surface area contributed by atoms with Crippen LogP contribution in [0.25, 0.3) is 0 Å². The van der Waals surface area contributed by atoms with Crippen LogP contribution in [-0.4, -0.2) is 28.7 Å². The smallest absolute Gasteiger partial charge is 0.247 e. The van der Waals surface area contributed by atoms with E-state index < -0.39 is 5.25 Å². The number of anilines is 2. The molecule has 1 heterocycles. The van der Waals surface area contributed by atoms with Crippen molar-refractivity contribution in [2.24, 2.45) is 0 Å². The number of hydrogen-bond donors (Lipinski definition) is 1. The van der Waals surface area contributed by atoms with Crippen LogP contribution < -0.4 is 10.2 Å². The molecule has 1 fully saturated rings. The van der Waals surface area contributed by atoms with Crippen LogP contribution in [0.2, 0.25) is 0 Å². The Morgan fingerprint density at radius 2 is 1.80 bits per heavy atom. The molecule has 0 spiro atoms. The number of carbonyl (C=O) groups excluding carboxylic acids is 3. The number of carbonyl (C=O) groups is 3. The molecule has 1 aliphatic heterocycles. The van der Waals surface area contributed by atoms with Gasteiger partial charge in [0.25, 0.3) is 0 Å². The number of nitrogens with one attached hydrogen (secondary N) is 1. The largest absolute Gasteiger partial charge is 0.325 e. The Morgan fingerprint density at radius 3 is 2.48 bits per heavy atom. The van der Waals surface area contributed by atoms with E-state index in [1.807, 2.05) is 18.2 Å². The van der Waals surface area contributed by atoms with Crippen LogP contribution in [0.5, 0.6) is 0 Å². The van der Waals surface area contributed by atoms with Gasteiger partial charge in [-0.25, -0.2) is 4.90 Å². The number of thioether (sulfide) groups is 1. The molecule has 0 bridgehead atoms. The maximum absolute atomic E-state index is 12.5. The van der Waals surface area contributed by atoms with Crippen molar-refractivity contribution in [2.75, 3.05) is 16.0 Å². The lowest BCUT2D eigenvalue weighted by atomic mass is 10.3. The maximum atomic E-state index is 12.5. The third-order valence-electron chi connectivity index (χ3n) is 3.66. The van der Waals surface area contributed by atoms with Crippen molar-refractivity contribution in [3.8, 4) is 0 Å². The Balaban J connectivity index is 1.59. The summed E-state index contributed by atoms with van der Waals surface area (Å²) in [5.41, 5.74) is 1.26. The molecule has 1 aliphatic rings. The predicted molar refractivity (Wildman–Crippen MR) is 103 cm³/mol. The number of benzene rings is 2. The van der Waals surface area contributed by atoms with Crippen LogP contribution >= 0.6 is 27.7 Å². The molecule has 0 aliphatic carbocycles. The number of hydrogen-bond acceptors (Lipinski definition) is 4. The number of para-hydroxylation sites is 1. The summed E-state index contributed by atoms with van der Waals surface area (Å²) in [5.74, 6) is -0.594. The lowest BCUT2D eigenvalue weighted by molar-refractivity contribution is -0.121. The monoisotopic (exact) mass is 418 g/mol. The Labute approximate surface area is 157 Å². The Hall–Kier alpha value is -2.12. The molecule has 128 valence electrons. The van der Waals surface area contributed by atoms with E-state index in [1.165, 1.54) is 16.7 Å². The van der Waals surface area contributed by atoms with Crippen molar-refractivity contribution in [2.45, 2.75) is 11.7 Å². The van der Waals surface area contributed by atoms with Crippen LogP contribution in [0.15, 0.2) is 59.1 Å². The van der Waals surface area contributed by atoms with E-state index in [-0.39, 0.29) is 29.9 Å². The topological polar surface area (TPSA) is 66.5 Å². The average molecular weight is 419 g/mol. The Morgan fingerprint density at radius 1 is 1.12 bits per heavy atom. The summed E-state index contributed by atoms with van der Waals surface area (Å²) in [6.07, 6.45) is 0.109. The maximum Gasteiger partial charge on any atom is 0.247 e. The van der Waals surface area contributed by atoms with Gasteiger partial charge in [-0.1, -0.05) is 34.1 Å². The van der Waals surface area contributed by atoms with E-state index in [1.54, 1.807) is 36.4 Å². The van der Waals surface area contributed by atoms with Crippen molar-refractivity contribution in [3.63, 3.8) is 0 Å². The molecule has 1 atom stereocenters. The van der Waals surface area contributed by atoms with Gasteiger partial charge in [0, 0.05) is 16.6 Å². The summed E-state index contributed by atoms with van der Waals surface area (Å²) < 4.78 is 0.874. The molecule has 2 aromatic carbocycles. The van der Waals surface area contributed by atoms with Crippen molar-refractivity contribution >= 4 is 56.8 Å². The minimum Gasteiger partial charge on any atom is -0.325 e. The summed E-state index contributed by atoms with van der Waals surface area (Å²) >= 11 is 4.52. The number of nitrogens with zero attached hydrogens (tertiary/aromatic N) is 1. The zero-order chi connectivity index (χ0) is 17.8. The summed E-state index contributed by atoms with van der Waals surface area (Å²) in [6, 6.07) is 16.1. The predicted octanol–water partition coefficient (Wildman–Crippen LogP) is 3.45. The molecule has 0 saturated carbocycles. The summed E-state index contributed by atoms with van der Waals surface area (Å²) in [6.45, 7) is 0. The first kappa shape index (κ1) is 17.7. The van der Waals surface area contributed by atoms with Crippen LogP contribution in [0.3, 0.4) is 0 Å². The summed E-state index contributed by atoms with van der Waals surface area (Å²) in [4.78, 5) is 37.9. The van der Waals surface area contributed by atoms with E-state index in [4.69, 9.17) is 0 Å². The van der Waals surface area contributed by atoms with Crippen molar-refractivity contribution < 1.29 is 14.4 Å². The zero-order valence-corrected chi connectivity index (χ0v) is 15.5. The van der Waals surface area contributed by atoms with Gasteiger partial charge >= 0.3 is 0 Å². The molecule has 25 heavy (non-hydrogen) atoms. The molecular weight excluding hydrogens is 404 g/mol. The third-order valence-corrected chi connectivity index (χ3v) is 5.39. The van der Waals surface area contributed by atoms with Crippen molar-refractivity contribution in [3.05, 3.63) is 59.1 Å². The van der Waals surface area contributed by atoms with Gasteiger partial charge < -0.3 is 5.32 Å². The van der Waals surface area contributed by atoms with Crippen LogP contribution in [0, 0.1) is 0 Å². The van der Waals surface area contributed by atoms with E-state index >= 15 is 0 Å². The highest BCUT2D eigenvalue weighted by Gasteiger charge is 2.39. The molecule has 1 N–H and O–H groups in total. The molecule has 2 aromatic rings. The molecule has 1 saturated heterocycles. The molecule has 0 radical (unpaired) electrons. The van der Waals surface area contributed by atoms with Crippen molar-refractivity contribution in [1.82, 2.24) is 0 Å². The Kier molecular flexibility index (Phi) is 5.55. The van der Waals surface area contributed by atoms with Gasteiger partial charge in [-0.2, -0.15) is 0 Å². The molecule has 0 aromatic heterocycles. The van der Waals surface area contributed by atoms with Crippen LogP contribution in [0.1, 0.15) is 6.42 Å². The SMILES string of the molecule is O=C(CS[C@@H]1CC(=O)N(c2ccc(Br)cc2)C1=O)Nc1ccccc1. The van der Waals surface area contributed by atoms with Gasteiger partial charge in [0.05, 0.1) is 16.7 Å². The molecule has 3 amide bonds. The van der Waals surface area contributed by atoms with Gasteiger partial charge in [-0.3, -0.25) is 14.4 Å². The first-order chi connectivity index (χ1) is 12.0. The minimum absolute atomic E-state index is 0.109. The second-order valence-corrected chi connectivity index (χ2v) is 7.57. The number of rotatable bonds is 5. The highest BCUT2D eigenvalue weighted by atomic mass is 79.9. The van der Waals surface area contributed by atoms with E-state index in [0.29, 0.717) is 11.4 Å². The van der Waals surface area contributed by atoms with Gasteiger partial charge in [-0.15, -0.1) is 11.8 Å². The fourth-order valence-corrected chi connectivity index (χ4v) is 3.69. The highest BCUT2D eigenvalue weighted by Crippen LogP contribution is 2.30. The van der Waals surface area contributed by atoms with Crippen LogP contribution in [-0.2, 0) is 14.4 Å². The zero-order valence-electron chi connectivity index (χ0n) is 13.1. The van der Waals surface area contributed by atoms with Gasteiger partial charge in [0.2, 0.25) is 17.7 Å². The number of amides is 3. The Bertz CT molecular complexity index is 796. The second-order valence-electron chi connectivity index (χ2n) is 5.46. The summed E-state index contributed by atoms with van der Waals surface area (Å²) in [5, 5.41) is 2.24. The first-order valence-electron chi connectivity index (χ1n) is 7.63. The standard InChI is InChI=1S/C18H15BrN2O3S/c19-12-6-8-14(9-7-12)21-17(23)10-15(18(21)24)25-11-16(22)20-13-4-2-1-3-5-13/h1-9,15H,10-11H2,(H,20,22)/t15-/m1/s1. The number of imide groups is 1. The third kappa shape index (κ3) is 4.29. The van der Waals surface area contributed by atoms with Gasteiger partial charge in [0.1, 0.15) is 0 Å². The van der Waals surface area contributed by atoms with E-state index in [0.717, 1.165) is 4.47 Å². The van der Waals surface area contributed by atoms with Crippen LogP contribution in [0.4, 0.5) is 11.4 Å². The van der Waals surface area contributed by atoms with E-state index in [9.17, 15) is 14.4 Å². The molecule has 5 nitrogen and oxygen atoms in total. The molecule has 7 heteroatoms. The quantitative estimate of drug-likeness (QED) is 0.754. The van der Waals surface area contributed by atoms with Gasteiger partial charge in [0.15, 0.2) is 0 Å². The molecule has 3 rings (SSSR count). The van der Waals surface area contributed by atoms with Crippen molar-refractivity contribution in [1.29, 1.82) is 0 Å². The molecule has 0 unspecified atom stereocenters. The fourth-order valence-electron chi connectivity index (χ4n) is 2.49. The molecular formula is C18H15BrN2O3S. The lowest BCUT2D eigenvalue weighted by Crippen LogP contribution is -2.31. The van der Waals surface area contributed by atoms with Gasteiger partial charge in [-0.05, 0) is 36.4 Å².